The number of rotatable bonds is 3. The Morgan fingerprint density at radius 3 is 1.92 bits per heavy atom. The second kappa shape index (κ2) is 6.76. The Kier molecular flexibility index (Phi) is 4.70. The molecule has 0 spiro atoms. The monoisotopic (exact) mass is 346 g/mol. The first-order chi connectivity index (χ1) is 11.5. The summed E-state index contributed by atoms with van der Waals surface area (Å²) in [7, 11) is -1.57. The first-order valence-electron chi connectivity index (χ1n) is 7.27. The maximum Gasteiger partial charge on any atom is 0.416 e. The van der Waals surface area contributed by atoms with Crippen LogP contribution in [0.15, 0.2) is 78.9 Å². The lowest BCUT2D eigenvalue weighted by molar-refractivity contribution is -0.137. The van der Waals surface area contributed by atoms with Crippen LogP contribution in [0.3, 0.4) is 0 Å². The molecule has 3 aromatic carbocycles. The molecule has 3 rings (SSSR count). The number of alkyl halides is 3. The molecule has 0 saturated carbocycles. The molecule has 5 heteroatoms. The van der Waals surface area contributed by atoms with Gasteiger partial charge in [0, 0.05) is 10.6 Å². The third kappa shape index (κ3) is 3.50. The van der Waals surface area contributed by atoms with Crippen molar-refractivity contribution < 1.29 is 18.1 Å². The zero-order chi connectivity index (χ0) is 17.2. The van der Waals surface area contributed by atoms with Gasteiger partial charge in [-0.15, -0.1) is 0 Å². The van der Waals surface area contributed by atoms with Crippen molar-refractivity contribution in [2.24, 2.45) is 0 Å². The summed E-state index contributed by atoms with van der Waals surface area (Å²) >= 11 is 0. The van der Waals surface area contributed by atoms with E-state index in [4.69, 9.17) is 0 Å². The molecule has 3 aromatic rings. The molecule has 0 aliphatic heterocycles. The molecule has 0 amide bonds. The van der Waals surface area contributed by atoms with Crippen molar-refractivity contribution in [2.75, 3.05) is 0 Å². The summed E-state index contributed by atoms with van der Waals surface area (Å²) in [6.07, 6.45) is -4.36. The molecule has 122 valence electrons. The topological polar surface area (TPSA) is 20.2 Å². The molecule has 0 aliphatic rings. The predicted molar refractivity (Wildman–Crippen MR) is 91.7 cm³/mol. The second-order valence-electron chi connectivity index (χ2n) is 5.24. The van der Waals surface area contributed by atoms with Gasteiger partial charge in [-0.05, 0) is 23.3 Å². The molecular formula is C19H14F3OP. The number of benzene rings is 3. The van der Waals surface area contributed by atoms with E-state index in [9.17, 15) is 18.1 Å². The van der Waals surface area contributed by atoms with Gasteiger partial charge in [0.1, 0.15) is 0 Å². The summed E-state index contributed by atoms with van der Waals surface area (Å²) in [4.78, 5) is 10.7. The minimum Gasteiger partial charge on any atom is -0.364 e. The molecule has 0 bridgehead atoms. The van der Waals surface area contributed by atoms with Gasteiger partial charge in [-0.3, -0.25) is 0 Å². The maximum atomic E-state index is 12.7. The summed E-state index contributed by atoms with van der Waals surface area (Å²) in [6.45, 7) is 0. The standard InChI is InChI=1S/C19H14F3OP/c20-19(21,22)15-12-10-14(11-13-15)17-8-4-5-9-18(17)24(23)16-6-2-1-3-7-16/h1-13,23H. The Hall–Kier alpha value is -2.16. The highest BCUT2D eigenvalue weighted by atomic mass is 31.1. The van der Waals surface area contributed by atoms with Crippen LogP contribution in [0.4, 0.5) is 13.2 Å². The van der Waals surface area contributed by atoms with Gasteiger partial charge in [-0.1, -0.05) is 66.7 Å². The maximum absolute atomic E-state index is 12.7. The molecule has 0 saturated heterocycles. The average molecular weight is 346 g/mol. The fourth-order valence-corrected chi connectivity index (χ4v) is 3.84. The molecule has 0 heterocycles. The number of halogens is 3. The van der Waals surface area contributed by atoms with Crippen LogP contribution in [0, 0.1) is 0 Å². The van der Waals surface area contributed by atoms with E-state index < -0.39 is 19.9 Å². The molecule has 0 fully saturated rings. The first kappa shape index (κ1) is 16.7. The van der Waals surface area contributed by atoms with E-state index in [1.54, 1.807) is 0 Å². The van der Waals surface area contributed by atoms with Gasteiger partial charge in [0.05, 0.1) is 13.7 Å². The van der Waals surface area contributed by atoms with Crippen molar-refractivity contribution in [1.82, 2.24) is 0 Å². The molecule has 0 aliphatic carbocycles. The molecule has 1 nitrogen and oxygen atoms in total. The van der Waals surface area contributed by atoms with E-state index in [1.165, 1.54) is 12.1 Å². The van der Waals surface area contributed by atoms with Crippen molar-refractivity contribution >= 4 is 18.8 Å². The van der Waals surface area contributed by atoms with Gasteiger partial charge in [0.2, 0.25) is 0 Å². The third-order valence-electron chi connectivity index (χ3n) is 3.66. The average Bonchev–Trinajstić information content (AvgIpc) is 2.61. The fraction of sp³-hybridized carbons (Fsp3) is 0.0526. The Balaban J connectivity index is 2.01. The van der Waals surface area contributed by atoms with Crippen molar-refractivity contribution in [3.05, 3.63) is 84.4 Å². The minimum absolute atomic E-state index is 0.649. The summed E-state index contributed by atoms with van der Waals surface area (Å²) in [6, 6.07) is 21.5. The van der Waals surface area contributed by atoms with E-state index in [0.29, 0.717) is 5.56 Å². The van der Waals surface area contributed by atoms with E-state index in [0.717, 1.165) is 28.3 Å². The molecule has 0 aromatic heterocycles. The van der Waals surface area contributed by atoms with Crippen LogP contribution in [0.1, 0.15) is 5.56 Å². The normalized spacial score (nSPS) is 12.8. The predicted octanol–water partition coefficient (Wildman–Crippen LogP) is 4.71. The van der Waals surface area contributed by atoms with Crippen molar-refractivity contribution in [3.63, 3.8) is 0 Å². The van der Waals surface area contributed by atoms with Gasteiger partial charge in [-0.2, -0.15) is 13.2 Å². The lowest BCUT2D eigenvalue weighted by Crippen LogP contribution is -2.13. The van der Waals surface area contributed by atoms with Gasteiger partial charge in [0.15, 0.2) is 0 Å². The van der Waals surface area contributed by atoms with Crippen molar-refractivity contribution in [3.8, 4) is 11.1 Å². The van der Waals surface area contributed by atoms with Crippen LogP contribution >= 0.6 is 8.15 Å². The second-order valence-corrected chi connectivity index (χ2v) is 6.86. The Labute approximate surface area is 139 Å². The minimum atomic E-state index is -4.36. The van der Waals surface area contributed by atoms with Crippen LogP contribution in [0.25, 0.3) is 11.1 Å². The highest BCUT2D eigenvalue weighted by molar-refractivity contribution is 7.67. The SMILES string of the molecule is OP(c1ccccc1)c1ccccc1-c1ccc(C(F)(F)F)cc1. The molecule has 0 radical (unpaired) electrons. The largest absolute Gasteiger partial charge is 0.416 e. The van der Waals surface area contributed by atoms with E-state index in [1.807, 2.05) is 54.6 Å². The molecule has 24 heavy (non-hydrogen) atoms. The Morgan fingerprint density at radius 2 is 1.29 bits per heavy atom. The van der Waals surface area contributed by atoms with Crippen LogP contribution < -0.4 is 10.6 Å². The van der Waals surface area contributed by atoms with Crippen LogP contribution in [0.2, 0.25) is 0 Å². The molecular weight excluding hydrogens is 332 g/mol. The van der Waals surface area contributed by atoms with Crippen LogP contribution in [-0.4, -0.2) is 4.89 Å². The molecule has 1 N–H and O–H groups in total. The highest BCUT2D eigenvalue weighted by Crippen LogP contribution is 2.35. The highest BCUT2D eigenvalue weighted by Gasteiger charge is 2.30. The van der Waals surface area contributed by atoms with E-state index in [2.05, 4.69) is 0 Å². The Morgan fingerprint density at radius 1 is 0.708 bits per heavy atom. The number of hydrogen-bond acceptors (Lipinski definition) is 1. The lowest BCUT2D eigenvalue weighted by Gasteiger charge is -2.16. The lowest BCUT2D eigenvalue weighted by atomic mass is 10.0. The summed E-state index contributed by atoms with van der Waals surface area (Å²) in [5.74, 6) is 0. The zero-order valence-corrected chi connectivity index (χ0v) is 13.4. The van der Waals surface area contributed by atoms with Crippen molar-refractivity contribution in [2.45, 2.75) is 6.18 Å². The van der Waals surface area contributed by atoms with Gasteiger partial charge < -0.3 is 4.89 Å². The first-order valence-corrected chi connectivity index (χ1v) is 8.57. The zero-order valence-electron chi connectivity index (χ0n) is 12.5. The third-order valence-corrected chi connectivity index (χ3v) is 5.29. The smallest absolute Gasteiger partial charge is 0.364 e. The number of hydrogen-bond donors (Lipinski definition) is 1. The molecule has 1 atom stereocenters. The van der Waals surface area contributed by atoms with Crippen LogP contribution in [-0.2, 0) is 6.18 Å². The Bertz CT molecular complexity index is 814. The van der Waals surface area contributed by atoms with Gasteiger partial charge in [-0.25, -0.2) is 0 Å². The summed E-state index contributed by atoms with van der Waals surface area (Å²) in [5, 5.41) is 1.52. The fourth-order valence-electron chi connectivity index (χ4n) is 2.45. The van der Waals surface area contributed by atoms with Crippen molar-refractivity contribution in [1.29, 1.82) is 0 Å². The molecule has 1 unspecified atom stereocenters. The summed E-state index contributed by atoms with van der Waals surface area (Å²) < 4.78 is 38.1. The summed E-state index contributed by atoms with van der Waals surface area (Å²) in [5.41, 5.74) is 0.706. The van der Waals surface area contributed by atoms with E-state index >= 15 is 0 Å². The quantitative estimate of drug-likeness (QED) is 0.681. The van der Waals surface area contributed by atoms with Gasteiger partial charge in [0.25, 0.3) is 0 Å². The van der Waals surface area contributed by atoms with Gasteiger partial charge >= 0.3 is 6.18 Å². The van der Waals surface area contributed by atoms with Crippen LogP contribution in [0.5, 0.6) is 0 Å². The van der Waals surface area contributed by atoms with E-state index in [-0.39, 0.29) is 0 Å².